The maximum atomic E-state index is 5.35. The Kier molecular flexibility index (Phi) is 12.1. The smallest absolute Gasteiger partial charge is 0.0701 e. The van der Waals surface area contributed by atoms with Gasteiger partial charge in [0.15, 0.2) is 0 Å². The van der Waals surface area contributed by atoms with Crippen LogP contribution < -0.4 is 8.85 Å². The molecule has 0 rings (SSSR count). The molecule has 0 radical (unpaired) electrons. The molecule has 0 saturated carbocycles. The van der Waals surface area contributed by atoms with Gasteiger partial charge in [-0.05, 0) is 0 Å². The molecule has 0 aliphatic heterocycles. The molecule has 0 heterocycles. The molecule has 0 aromatic heterocycles. The summed E-state index contributed by atoms with van der Waals surface area (Å²) in [4.78, 5) is 0. The first-order chi connectivity index (χ1) is 6.77. The van der Waals surface area contributed by atoms with Crippen molar-refractivity contribution in [3.8, 4) is 0 Å². The summed E-state index contributed by atoms with van der Waals surface area (Å²) in [6, 6.07) is 0.532. The van der Waals surface area contributed by atoms with Crippen molar-refractivity contribution >= 4 is 22.9 Å². The summed E-state index contributed by atoms with van der Waals surface area (Å²) in [6.45, 7) is 8.91. The lowest BCUT2D eigenvalue weighted by molar-refractivity contribution is 0.0510. The molecule has 0 amide bonds. The van der Waals surface area contributed by atoms with Crippen LogP contribution in [0.25, 0.3) is 0 Å². The fourth-order valence-electron chi connectivity index (χ4n) is 0.852. The fraction of sp³-hybridized carbons (Fsp3) is 1.00. The van der Waals surface area contributed by atoms with Crippen molar-refractivity contribution in [1.82, 2.24) is 8.85 Å². The third-order valence-electron chi connectivity index (χ3n) is 1.51. The summed E-state index contributed by atoms with van der Waals surface area (Å²) in [7, 11) is 0. The topological polar surface area (TPSA) is 42.5 Å². The minimum absolute atomic E-state index is 0.532. The average Bonchev–Trinajstić information content (AvgIpc) is 2.15. The molecule has 2 N–H and O–H groups in total. The van der Waals surface area contributed by atoms with E-state index in [4.69, 9.17) is 9.47 Å². The number of hydrogen-bond donors (Lipinski definition) is 2. The molecule has 0 fully saturated rings. The fourth-order valence-corrected chi connectivity index (χ4v) is 1.07. The first-order valence-electron chi connectivity index (χ1n) is 4.99. The van der Waals surface area contributed by atoms with E-state index in [1.807, 2.05) is 0 Å². The van der Waals surface area contributed by atoms with Gasteiger partial charge < -0.3 is 14.8 Å². The molecule has 0 atom stereocenters. The molecular weight excluding hydrogens is 295 g/mol. The van der Waals surface area contributed by atoms with Gasteiger partial charge in [0.1, 0.15) is 0 Å². The third-order valence-corrected chi connectivity index (χ3v) is 2.05. The largest absolute Gasteiger partial charge is 0.378 e. The Morgan fingerprint density at radius 2 is 1.57 bits per heavy atom. The Morgan fingerprint density at radius 3 is 2.07 bits per heavy atom. The van der Waals surface area contributed by atoms with Crippen LogP contribution in [0.1, 0.15) is 13.8 Å². The standard InChI is InChI=1S/C9H21IN2O2/c1-9(2)11-3-5-13-7-8-14-6-4-12-10/h9,11-12H,3-8H2,1-2H3. The summed E-state index contributed by atoms with van der Waals surface area (Å²) < 4.78 is 13.6. The van der Waals surface area contributed by atoms with Gasteiger partial charge in [0.2, 0.25) is 0 Å². The van der Waals surface area contributed by atoms with Crippen LogP contribution in [-0.2, 0) is 9.47 Å². The van der Waals surface area contributed by atoms with Crippen LogP contribution in [0, 0.1) is 0 Å². The van der Waals surface area contributed by atoms with Crippen LogP contribution in [0.2, 0.25) is 0 Å². The monoisotopic (exact) mass is 316 g/mol. The van der Waals surface area contributed by atoms with E-state index in [-0.39, 0.29) is 0 Å². The van der Waals surface area contributed by atoms with Gasteiger partial charge in [-0.1, -0.05) is 13.8 Å². The summed E-state index contributed by atoms with van der Waals surface area (Å²) in [6.07, 6.45) is 0. The maximum absolute atomic E-state index is 5.35. The minimum atomic E-state index is 0.532. The van der Waals surface area contributed by atoms with Gasteiger partial charge in [-0.25, -0.2) is 0 Å². The van der Waals surface area contributed by atoms with Crippen LogP contribution in [-0.4, -0.2) is 45.6 Å². The normalized spacial score (nSPS) is 11.1. The number of ether oxygens (including phenoxy) is 2. The van der Waals surface area contributed by atoms with E-state index < -0.39 is 0 Å². The molecule has 5 heteroatoms. The highest BCUT2D eigenvalue weighted by Gasteiger charge is 1.92. The average molecular weight is 316 g/mol. The van der Waals surface area contributed by atoms with Crippen molar-refractivity contribution in [3.05, 3.63) is 0 Å². The Morgan fingerprint density at radius 1 is 1.00 bits per heavy atom. The molecule has 0 aromatic carbocycles. The molecule has 0 aliphatic rings. The van der Waals surface area contributed by atoms with Crippen molar-refractivity contribution in [2.75, 3.05) is 39.5 Å². The Hall–Kier alpha value is 0.570. The van der Waals surface area contributed by atoms with Crippen LogP contribution in [0.4, 0.5) is 0 Å². The second-order valence-corrected chi connectivity index (χ2v) is 3.98. The third kappa shape index (κ3) is 12.6. The molecular formula is C9H21IN2O2. The van der Waals surface area contributed by atoms with E-state index in [1.54, 1.807) is 0 Å². The second kappa shape index (κ2) is 11.6. The maximum Gasteiger partial charge on any atom is 0.0701 e. The van der Waals surface area contributed by atoms with Crippen LogP contribution >= 0.6 is 22.9 Å². The van der Waals surface area contributed by atoms with Crippen LogP contribution in [0.3, 0.4) is 0 Å². The highest BCUT2D eigenvalue weighted by molar-refractivity contribution is 14.1. The van der Waals surface area contributed by atoms with Crippen molar-refractivity contribution in [2.24, 2.45) is 0 Å². The lowest BCUT2D eigenvalue weighted by atomic mass is 10.4. The van der Waals surface area contributed by atoms with Crippen LogP contribution in [0.5, 0.6) is 0 Å². The second-order valence-electron chi connectivity index (χ2n) is 3.22. The zero-order valence-electron chi connectivity index (χ0n) is 9.01. The van der Waals surface area contributed by atoms with E-state index in [1.165, 1.54) is 0 Å². The SMILES string of the molecule is CC(C)NCCOCCOCCNI. The van der Waals surface area contributed by atoms with Crippen molar-refractivity contribution in [2.45, 2.75) is 19.9 Å². The number of nitrogens with one attached hydrogen (secondary N) is 2. The Labute approximate surface area is 101 Å². The molecule has 86 valence electrons. The molecule has 0 unspecified atom stereocenters. The first-order valence-corrected chi connectivity index (χ1v) is 6.07. The summed E-state index contributed by atoms with van der Waals surface area (Å²) >= 11 is 2.10. The molecule has 0 spiro atoms. The summed E-state index contributed by atoms with van der Waals surface area (Å²) in [5, 5.41) is 3.28. The van der Waals surface area contributed by atoms with Crippen LogP contribution in [0.15, 0.2) is 0 Å². The van der Waals surface area contributed by atoms with E-state index in [0.29, 0.717) is 19.3 Å². The van der Waals surface area contributed by atoms with Crippen molar-refractivity contribution in [1.29, 1.82) is 0 Å². The highest BCUT2D eigenvalue weighted by atomic mass is 127. The van der Waals surface area contributed by atoms with E-state index in [9.17, 15) is 0 Å². The van der Waals surface area contributed by atoms with Gasteiger partial charge in [-0.15, -0.1) is 0 Å². The van der Waals surface area contributed by atoms with Gasteiger partial charge in [0.25, 0.3) is 0 Å². The molecule has 4 nitrogen and oxygen atoms in total. The summed E-state index contributed by atoms with van der Waals surface area (Å²) in [5.41, 5.74) is 0. The summed E-state index contributed by atoms with van der Waals surface area (Å²) in [5.74, 6) is 0. The van der Waals surface area contributed by atoms with Gasteiger partial charge in [-0.2, -0.15) is 0 Å². The molecule has 0 saturated heterocycles. The molecule has 0 bridgehead atoms. The van der Waals surface area contributed by atoms with Gasteiger partial charge in [0, 0.05) is 42.0 Å². The van der Waals surface area contributed by atoms with E-state index in [2.05, 4.69) is 45.6 Å². The van der Waals surface area contributed by atoms with Crippen molar-refractivity contribution in [3.63, 3.8) is 0 Å². The highest BCUT2D eigenvalue weighted by Crippen LogP contribution is 1.80. The molecule has 0 aliphatic carbocycles. The first kappa shape index (κ1) is 14.6. The van der Waals surface area contributed by atoms with Gasteiger partial charge in [0.05, 0.1) is 26.4 Å². The van der Waals surface area contributed by atoms with E-state index >= 15 is 0 Å². The number of hydrogen-bond acceptors (Lipinski definition) is 4. The van der Waals surface area contributed by atoms with Gasteiger partial charge in [-0.3, -0.25) is 3.53 Å². The molecule has 14 heavy (non-hydrogen) atoms. The van der Waals surface area contributed by atoms with Crippen molar-refractivity contribution < 1.29 is 9.47 Å². The Bertz CT molecular complexity index is 115. The zero-order valence-corrected chi connectivity index (χ0v) is 11.2. The Balaban J connectivity index is 2.85. The molecule has 0 aromatic rings. The number of rotatable bonds is 10. The zero-order chi connectivity index (χ0) is 10.6. The van der Waals surface area contributed by atoms with Gasteiger partial charge >= 0.3 is 0 Å². The minimum Gasteiger partial charge on any atom is -0.378 e. The lowest BCUT2D eigenvalue weighted by Gasteiger charge is -2.08. The van der Waals surface area contributed by atoms with E-state index in [0.717, 1.165) is 26.3 Å². The quantitative estimate of drug-likeness (QED) is 0.358. The predicted molar refractivity (Wildman–Crippen MR) is 66.8 cm³/mol. The predicted octanol–water partition coefficient (Wildman–Crippen LogP) is 0.957. The number of halogens is 1. The lowest BCUT2D eigenvalue weighted by Crippen LogP contribution is -2.27.